The molecule has 0 unspecified atom stereocenters. The predicted octanol–water partition coefficient (Wildman–Crippen LogP) is 4.18. The minimum absolute atomic E-state index is 0.0661. The predicted molar refractivity (Wildman–Crippen MR) is 81.5 cm³/mol. The highest BCUT2D eigenvalue weighted by molar-refractivity contribution is 5.99. The number of carbonyl (C=O) groups excluding carboxylic acids is 1. The van der Waals surface area contributed by atoms with Crippen LogP contribution in [0.15, 0.2) is 36.4 Å². The van der Waals surface area contributed by atoms with Crippen LogP contribution >= 0.6 is 0 Å². The molecular weight excluding hydrogens is 264 g/mol. The third-order valence-corrected chi connectivity index (χ3v) is 3.86. The van der Waals surface area contributed by atoms with Gasteiger partial charge in [-0.3, -0.25) is 4.79 Å². The Morgan fingerprint density at radius 3 is 2.57 bits per heavy atom. The molecule has 0 radical (unpaired) electrons. The number of rotatable bonds is 4. The molecular formula is C18H18O3. The van der Waals surface area contributed by atoms with E-state index in [-0.39, 0.29) is 5.78 Å². The van der Waals surface area contributed by atoms with Gasteiger partial charge < -0.3 is 9.47 Å². The molecule has 0 amide bonds. The van der Waals surface area contributed by atoms with Crippen LogP contribution in [-0.4, -0.2) is 12.9 Å². The van der Waals surface area contributed by atoms with Crippen molar-refractivity contribution >= 4 is 5.78 Å². The van der Waals surface area contributed by atoms with Crippen molar-refractivity contribution in [2.45, 2.75) is 26.2 Å². The van der Waals surface area contributed by atoms with E-state index in [1.54, 1.807) is 19.2 Å². The van der Waals surface area contributed by atoms with Gasteiger partial charge in [-0.05, 0) is 61.6 Å². The molecule has 0 fully saturated rings. The molecule has 0 saturated carbocycles. The largest absolute Gasteiger partial charge is 0.496 e. The number of ether oxygens (including phenoxy) is 2. The Kier molecular flexibility index (Phi) is 3.65. The van der Waals surface area contributed by atoms with Gasteiger partial charge in [0.1, 0.15) is 22.8 Å². The Bertz CT molecular complexity index is 689. The zero-order valence-electron chi connectivity index (χ0n) is 12.3. The summed E-state index contributed by atoms with van der Waals surface area (Å²) in [6.07, 6.45) is 3.45. The van der Waals surface area contributed by atoms with E-state index in [1.807, 2.05) is 12.1 Å². The number of carbonyl (C=O) groups is 1. The zero-order chi connectivity index (χ0) is 14.8. The van der Waals surface area contributed by atoms with Gasteiger partial charge in [-0.1, -0.05) is 12.1 Å². The molecule has 3 rings (SSSR count). The first kappa shape index (κ1) is 13.7. The van der Waals surface area contributed by atoms with Crippen LogP contribution in [0.5, 0.6) is 17.2 Å². The van der Waals surface area contributed by atoms with Crippen molar-refractivity contribution in [2.75, 3.05) is 7.11 Å². The fourth-order valence-corrected chi connectivity index (χ4v) is 2.85. The second-order valence-corrected chi connectivity index (χ2v) is 5.28. The normalized spacial score (nSPS) is 12.9. The molecule has 0 N–H and O–H groups in total. The van der Waals surface area contributed by atoms with Gasteiger partial charge in [0.25, 0.3) is 0 Å². The first-order chi connectivity index (χ1) is 10.2. The number of hydrogen-bond acceptors (Lipinski definition) is 3. The number of hydrogen-bond donors (Lipinski definition) is 0. The lowest BCUT2D eigenvalue weighted by Crippen LogP contribution is -2.01. The topological polar surface area (TPSA) is 35.5 Å². The molecule has 0 saturated heterocycles. The van der Waals surface area contributed by atoms with E-state index in [0.29, 0.717) is 17.1 Å². The molecule has 3 heteroatoms. The molecule has 0 aliphatic heterocycles. The van der Waals surface area contributed by atoms with Crippen molar-refractivity contribution < 1.29 is 14.3 Å². The van der Waals surface area contributed by atoms with E-state index in [4.69, 9.17) is 9.47 Å². The highest BCUT2D eigenvalue weighted by Crippen LogP contribution is 2.34. The zero-order valence-corrected chi connectivity index (χ0v) is 12.3. The van der Waals surface area contributed by atoms with E-state index >= 15 is 0 Å². The summed E-state index contributed by atoms with van der Waals surface area (Å²) in [6, 6.07) is 11.6. The highest BCUT2D eigenvalue weighted by atomic mass is 16.5. The first-order valence-electron chi connectivity index (χ1n) is 7.16. The highest BCUT2D eigenvalue weighted by Gasteiger charge is 2.16. The molecule has 21 heavy (non-hydrogen) atoms. The number of benzene rings is 2. The average Bonchev–Trinajstić information content (AvgIpc) is 2.94. The number of Topliss-reactive ketones (excluding diaryl/α,β-unsaturated/α-hetero) is 1. The molecule has 0 aromatic heterocycles. The maximum atomic E-state index is 11.9. The van der Waals surface area contributed by atoms with Crippen LogP contribution in [0.1, 0.15) is 34.8 Å². The molecule has 108 valence electrons. The fraction of sp³-hybridized carbons (Fsp3) is 0.278. The summed E-state index contributed by atoms with van der Waals surface area (Å²) < 4.78 is 11.2. The van der Waals surface area contributed by atoms with Gasteiger partial charge in [-0.25, -0.2) is 0 Å². The van der Waals surface area contributed by atoms with Gasteiger partial charge in [0.15, 0.2) is 5.78 Å². The maximum absolute atomic E-state index is 11.9. The second-order valence-electron chi connectivity index (χ2n) is 5.28. The smallest absolute Gasteiger partial charge is 0.167 e. The summed E-state index contributed by atoms with van der Waals surface area (Å²) in [4.78, 5) is 11.9. The number of fused-ring (bicyclic) bond motifs is 1. The van der Waals surface area contributed by atoms with Gasteiger partial charge in [-0.15, -0.1) is 0 Å². The van der Waals surface area contributed by atoms with Crippen molar-refractivity contribution in [1.82, 2.24) is 0 Å². The lowest BCUT2D eigenvalue weighted by Gasteiger charge is -2.13. The van der Waals surface area contributed by atoms with Crippen molar-refractivity contribution in [3.63, 3.8) is 0 Å². The summed E-state index contributed by atoms with van der Waals surface area (Å²) in [5.41, 5.74) is 3.24. The van der Waals surface area contributed by atoms with Crippen LogP contribution in [0.25, 0.3) is 0 Å². The Hall–Kier alpha value is -2.29. The number of aryl methyl sites for hydroxylation is 2. The lowest BCUT2D eigenvalue weighted by atomic mass is 10.1. The van der Waals surface area contributed by atoms with E-state index in [9.17, 15) is 4.79 Å². The SMILES string of the molecule is COc1cccc(Oc2ccc3c(c2)CCC3)c1C(C)=O. The van der Waals surface area contributed by atoms with Crippen LogP contribution in [0.3, 0.4) is 0 Å². The van der Waals surface area contributed by atoms with Crippen molar-refractivity contribution in [1.29, 1.82) is 0 Å². The quantitative estimate of drug-likeness (QED) is 0.789. The van der Waals surface area contributed by atoms with E-state index in [1.165, 1.54) is 24.5 Å². The summed E-state index contributed by atoms with van der Waals surface area (Å²) in [5, 5.41) is 0. The minimum atomic E-state index is -0.0661. The molecule has 0 heterocycles. The Labute approximate surface area is 124 Å². The Morgan fingerprint density at radius 2 is 1.81 bits per heavy atom. The molecule has 3 nitrogen and oxygen atoms in total. The molecule has 0 atom stereocenters. The third-order valence-electron chi connectivity index (χ3n) is 3.86. The summed E-state index contributed by atoms with van der Waals surface area (Å²) in [6.45, 7) is 1.52. The minimum Gasteiger partial charge on any atom is -0.496 e. The maximum Gasteiger partial charge on any atom is 0.167 e. The van der Waals surface area contributed by atoms with Crippen molar-refractivity contribution in [3.8, 4) is 17.2 Å². The first-order valence-corrected chi connectivity index (χ1v) is 7.16. The van der Waals surface area contributed by atoms with Crippen LogP contribution in [0, 0.1) is 0 Å². The number of methoxy groups -OCH3 is 1. The summed E-state index contributed by atoms with van der Waals surface area (Å²) >= 11 is 0. The van der Waals surface area contributed by atoms with Crippen LogP contribution in [0.4, 0.5) is 0 Å². The van der Waals surface area contributed by atoms with Gasteiger partial charge in [0.2, 0.25) is 0 Å². The van der Waals surface area contributed by atoms with E-state index in [0.717, 1.165) is 18.6 Å². The fourth-order valence-electron chi connectivity index (χ4n) is 2.85. The molecule has 2 aromatic carbocycles. The molecule has 0 spiro atoms. The standard InChI is InChI=1S/C18H18O3/c1-12(19)18-16(20-2)7-4-8-17(18)21-15-10-9-13-5-3-6-14(13)11-15/h4,7-11H,3,5-6H2,1-2H3. The second kappa shape index (κ2) is 5.60. The van der Waals surface area contributed by atoms with Crippen LogP contribution in [-0.2, 0) is 12.8 Å². The molecule has 2 aromatic rings. The Balaban J connectivity index is 1.96. The average molecular weight is 282 g/mol. The lowest BCUT2D eigenvalue weighted by molar-refractivity contribution is 0.101. The Morgan fingerprint density at radius 1 is 1.05 bits per heavy atom. The summed E-state index contributed by atoms with van der Waals surface area (Å²) in [7, 11) is 1.56. The third kappa shape index (κ3) is 2.64. The van der Waals surface area contributed by atoms with E-state index < -0.39 is 0 Å². The van der Waals surface area contributed by atoms with Gasteiger partial charge >= 0.3 is 0 Å². The van der Waals surface area contributed by atoms with Gasteiger partial charge in [0.05, 0.1) is 7.11 Å². The van der Waals surface area contributed by atoms with Gasteiger partial charge in [-0.2, -0.15) is 0 Å². The number of ketones is 1. The van der Waals surface area contributed by atoms with Crippen LogP contribution in [0.2, 0.25) is 0 Å². The summed E-state index contributed by atoms with van der Waals surface area (Å²) in [5.74, 6) is 1.79. The molecule has 1 aliphatic rings. The van der Waals surface area contributed by atoms with Crippen LogP contribution < -0.4 is 9.47 Å². The van der Waals surface area contributed by atoms with E-state index in [2.05, 4.69) is 12.1 Å². The molecule has 0 bridgehead atoms. The van der Waals surface area contributed by atoms with Gasteiger partial charge in [0, 0.05) is 0 Å². The van der Waals surface area contributed by atoms with Crippen molar-refractivity contribution in [2.24, 2.45) is 0 Å². The molecule has 1 aliphatic carbocycles. The monoisotopic (exact) mass is 282 g/mol. The van der Waals surface area contributed by atoms with Crippen molar-refractivity contribution in [3.05, 3.63) is 53.1 Å².